The average Bonchev–Trinajstić information content (AvgIpc) is 2.82. The van der Waals surface area contributed by atoms with Crippen LogP contribution in [-0.2, 0) is 21.5 Å². The molecule has 0 amide bonds. The summed E-state index contributed by atoms with van der Waals surface area (Å²) in [5, 5.41) is 10.2. The van der Waals surface area contributed by atoms with E-state index in [1.165, 1.54) is 44.1 Å². The second kappa shape index (κ2) is 9.50. The van der Waals surface area contributed by atoms with E-state index in [1.807, 2.05) is 49.4 Å². The molecule has 4 saturated carbocycles. The Hall–Kier alpha value is -2.32. The average molecular weight is 447 g/mol. The third kappa shape index (κ3) is 4.55. The molecule has 4 heteroatoms. The Morgan fingerprint density at radius 2 is 1.64 bits per heavy atom. The van der Waals surface area contributed by atoms with Crippen LogP contribution in [0.5, 0.6) is 5.75 Å². The van der Waals surface area contributed by atoms with Gasteiger partial charge in [-0.2, -0.15) is 0 Å². The van der Waals surface area contributed by atoms with Crippen molar-refractivity contribution in [3.8, 4) is 17.6 Å². The molecule has 0 spiro atoms. The predicted molar refractivity (Wildman–Crippen MR) is 128 cm³/mol. The van der Waals surface area contributed by atoms with Crippen LogP contribution in [0, 0.1) is 29.6 Å². The molecule has 4 aliphatic carbocycles. The highest BCUT2D eigenvalue weighted by molar-refractivity contribution is 5.59. The fourth-order valence-electron chi connectivity index (χ4n) is 6.88. The van der Waals surface area contributed by atoms with Crippen molar-refractivity contribution in [2.45, 2.75) is 63.8 Å². The maximum absolute atomic E-state index is 10.2. The summed E-state index contributed by atoms with van der Waals surface area (Å²) in [6.45, 7) is 1.95. The van der Waals surface area contributed by atoms with Crippen molar-refractivity contribution < 1.29 is 19.3 Å². The van der Waals surface area contributed by atoms with Crippen LogP contribution in [0.25, 0.3) is 0 Å². The smallest absolute Gasteiger partial charge is 0.191 e. The maximum atomic E-state index is 10.2. The minimum atomic E-state index is -0.331. The summed E-state index contributed by atoms with van der Waals surface area (Å²) in [7, 11) is 1.62. The Kier molecular flexibility index (Phi) is 6.47. The zero-order valence-corrected chi connectivity index (χ0v) is 19.7. The highest BCUT2D eigenvalue weighted by Gasteiger charge is 2.53. The fraction of sp³-hybridized carbons (Fsp3) is 0.517. The van der Waals surface area contributed by atoms with E-state index in [2.05, 4.69) is 11.8 Å². The van der Waals surface area contributed by atoms with E-state index in [1.54, 1.807) is 7.11 Å². The van der Waals surface area contributed by atoms with Crippen molar-refractivity contribution in [1.29, 1.82) is 0 Å². The van der Waals surface area contributed by atoms with E-state index >= 15 is 0 Å². The van der Waals surface area contributed by atoms with Crippen LogP contribution >= 0.6 is 0 Å². The molecule has 0 heterocycles. The molecule has 0 saturated heterocycles. The molecule has 2 aromatic rings. The van der Waals surface area contributed by atoms with Crippen molar-refractivity contribution >= 4 is 0 Å². The number of aliphatic hydroxyl groups is 1. The van der Waals surface area contributed by atoms with Crippen LogP contribution in [0.15, 0.2) is 42.5 Å². The Morgan fingerprint density at radius 3 is 2.24 bits per heavy atom. The van der Waals surface area contributed by atoms with Gasteiger partial charge in [-0.3, -0.25) is 0 Å². The highest BCUT2D eigenvalue weighted by atomic mass is 16.7. The van der Waals surface area contributed by atoms with Crippen molar-refractivity contribution in [3.05, 3.63) is 64.7 Å². The minimum Gasteiger partial charge on any atom is -0.467 e. The number of ether oxygens (including phenoxy) is 3. The predicted octanol–water partition coefficient (Wildman–Crippen LogP) is 5.39. The molecule has 1 atom stereocenters. The molecule has 174 valence electrons. The first-order valence-corrected chi connectivity index (χ1v) is 12.2. The quantitative estimate of drug-likeness (QED) is 0.457. The SMILES string of the molecule is COC(C)OCOc1ccc(CO)c(C#Cc2ccccc2)c1C12CC3CC(CC(C3)C1)C2. The molecule has 1 unspecified atom stereocenters. The Morgan fingerprint density at radius 1 is 0.970 bits per heavy atom. The second-order valence-electron chi connectivity index (χ2n) is 10.2. The largest absolute Gasteiger partial charge is 0.467 e. The fourth-order valence-corrected chi connectivity index (χ4v) is 6.88. The summed E-state index contributed by atoms with van der Waals surface area (Å²) < 4.78 is 17.1. The summed E-state index contributed by atoms with van der Waals surface area (Å²) in [5.41, 5.74) is 4.07. The maximum Gasteiger partial charge on any atom is 0.191 e. The lowest BCUT2D eigenvalue weighted by Gasteiger charge is -2.57. The van der Waals surface area contributed by atoms with Gasteiger partial charge >= 0.3 is 0 Å². The van der Waals surface area contributed by atoms with Crippen LogP contribution in [0.2, 0.25) is 0 Å². The van der Waals surface area contributed by atoms with Crippen LogP contribution in [0.4, 0.5) is 0 Å². The summed E-state index contributed by atoms with van der Waals surface area (Å²) in [6, 6.07) is 14.0. The summed E-state index contributed by atoms with van der Waals surface area (Å²) in [5.74, 6) is 10.0. The molecular formula is C29H34O4. The Balaban J connectivity index is 1.59. The van der Waals surface area contributed by atoms with E-state index < -0.39 is 0 Å². The lowest BCUT2D eigenvalue weighted by molar-refractivity contribution is -0.150. The van der Waals surface area contributed by atoms with Gasteiger partial charge in [0.25, 0.3) is 0 Å². The highest BCUT2D eigenvalue weighted by Crippen LogP contribution is 2.62. The monoisotopic (exact) mass is 446 g/mol. The molecule has 4 bridgehead atoms. The van der Waals surface area contributed by atoms with Crippen LogP contribution in [0.3, 0.4) is 0 Å². The minimum absolute atomic E-state index is 0.0321. The van der Waals surface area contributed by atoms with Crippen LogP contribution in [-0.4, -0.2) is 25.3 Å². The third-order valence-corrected chi connectivity index (χ3v) is 7.95. The number of hydrogen-bond donors (Lipinski definition) is 1. The van der Waals surface area contributed by atoms with Gasteiger partial charge in [-0.25, -0.2) is 0 Å². The third-order valence-electron chi connectivity index (χ3n) is 7.95. The van der Waals surface area contributed by atoms with E-state index in [0.29, 0.717) is 0 Å². The molecule has 4 fully saturated rings. The topological polar surface area (TPSA) is 47.9 Å². The van der Waals surface area contributed by atoms with Gasteiger partial charge in [0.1, 0.15) is 5.75 Å². The van der Waals surface area contributed by atoms with Crippen LogP contribution < -0.4 is 4.74 Å². The molecule has 2 aromatic carbocycles. The van der Waals surface area contributed by atoms with E-state index in [9.17, 15) is 5.11 Å². The molecule has 0 aliphatic heterocycles. The number of rotatable bonds is 7. The molecule has 0 aromatic heterocycles. The van der Waals surface area contributed by atoms with Gasteiger partial charge in [-0.15, -0.1) is 0 Å². The molecule has 0 radical (unpaired) electrons. The number of methoxy groups -OCH3 is 1. The van der Waals surface area contributed by atoms with Gasteiger partial charge < -0.3 is 19.3 Å². The standard InChI is InChI=1S/C29H34O4/c1-20(31-2)32-19-33-27-11-9-25(18-30)26(10-8-21-6-4-3-5-7-21)28(27)29-15-22-12-23(16-29)14-24(13-22)17-29/h3-7,9,11,20,22-24,30H,12-19H2,1-2H3. The van der Waals surface area contributed by atoms with Gasteiger partial charge in [-0.1, -0.05) is 36.1 Å². The molecule has 6 rings (SSSR count). The number of hydrogen-bond acceptors (Lipinski definition) is 4. The molecule has 4 aliphatic rings. The van der Waals surface area contributed by atoms with Gasteiger partial charge in [0.05, 0.1) is 6.61 Å². The number of benzene rings is 2. The molecule has 4 nitrogen and oxygen atoms in total. The van der Waals surface area contributed by atoms with Gasteiger partial charge in [-0.05, 0) is 87.0 Å². The van der Waals surface area contributed by atoms with E-state index in [0.717, 1.165) is 40.2 Å². The van der Waals surface area contributed by atoms with E-state index in [4.69, 9.17) is 14.2 Å². The lowest BCUT2D eigenvalue weighted by atomic mass is 9.47. The van der Waals surface area contributed by atoms with Crippen molar-refractivity contribution in [2.75, 3.05) is 13.9 Å². The van der Waals surface area contributed by atoms with Gasteiger partial charge in [0.15, 0.2) is 13.1 Å². The lowest BCUT2D eigenvalue weighted by Crippen LogP contribution is -2.49. The normalized spacial score (nSPS) is 28.3. The van der Waals surface area contributed by atoms with E-state index in [-0.39, 0.29) is 25.1 Å². The first-order chi connectivity index (χ1) is 16.1. The van der Waals surface area contributed by atoms with Crippen molar-refractivity contribution in [3.63, 3.8) is 0 Å². The zero-order chi connectivity index (χ0) is 22.8. The second-order valence-corrected chi connectivity index (χ2v) is 10.2. The summed E-state index contributed by atoms with van der Waals surface area (Å²) in [4.78, 5) is 0. The summed E-state index contributed by atoms with van der Waals surface area (Å²) in [6.07, 6.45) is 7.36. The number of aliphatic hydroxyl groups excluding tert-OH is 1. The molecular weight excluding hydrogens is 412 g/mol. The Labute approximate surface area is 197 Å². The first kappa shape index (κ1) is 22.5. The molecule has 1 N–H and O–H groups in total. The van der Waals surface area contributed by atoms with Gasteiger partial charge in [0.2, 0.25) is 0 Å². The summed E-state index contributed by atoms with van der Waals surface area (Å²) >= 11 is 0. The van der Waals surface area contributed by atoms with Gasteiger partial charge in [0, 0.05) is 29.2 Å². The first-order valence-electron chi connectivity index (χ1n) is 12.2. The molecule has 33 heavy (non-hydrogen) atoms. The zero-order valence-electron chi connectivity index (χ0n) is 19.7. The van der Waals surface area contributed by atoms with Crippen molar-refractivity contribution in [1.82, 2.24) is 0 Å². The van der Waals surface area contributed by atoms with Crippen molar-refractivity contribution in [2.24, 2.45) is 17.8 Å². The van der Waals surface area contributed by atoms with Crippen LogP contribution in [0.1, 0.15) is 67.7 Å². The Bertz CT molecular complexity index is 998.